The fourth-order valence-electron chi connectivity index (χ4n) is 5.56. The predicted molar refractivity (Wildman–Crippen MR) is 193 cm³/mol. The average Bonchev–Trinajstić information content (AvgIpc) is 3.03. The fourth-order valence-corrected chi connectivity index (χ4v) is 5.74. The van der Waals surface area contributed by atoms with E-state index in [2.05, 4.69) is 26.5 Å². The van der Waals surface area contributed by atoms with Gasteiger partial charge in [-0.3, -0.25) is 14.4 Å². The van der Waals surface area contributed by atoms with Gasteiger partial charge in [-0.25, -0.2) is 0 Å². The highest BCUT2D eigenvalue weighted by molar-refractivity contribution is 7.80. The molecule has 0 rings (SSSR count). The first-order valence-electron chi connectivity index (χ1n) is 19.0. The molecular formula is C38H72NO5S. The number of rotatable bonds is 35. The van der Waals surface area contributed by atoms with E-state index in [0.29, 0.717) is 12.8 Å². The second-order valence-corrected chi connectivity index (χ2v) is 13.4. The molecule has 2 atom stereocenters. The number of thiol groups is 1. The van der Waals surface area contributed by atoms with Gasteiger partial charge in [-0.05, 0) is 12.8 Å². The Labute approximate surface area is 283 Å². The maximum absolute atomic E-state index is 12.5. The predicted octanol–water partition coefficient (Wildman–Crippen LogP) is 10.4. The minimum absolute atomic E-state index is 0.160. The van der Waals surface area contributed by atoms with Crippen molar-refractivity contribution < 1.29 is 23.9 Å². The van der Waals surface area contributed by atoms with Gasteiger partial charge >= 0.3 is 11.9 Å². The summed E-state index contributed by atoms with van der Waals surface area (Å²) in [6, 6.07) is -0.780. The number of carbonyl (C=O) groups is 3. The van der Waals surface area contributed by atoms with Crippen LogP contribution in [0.1, 0.15) is 194 Å². The molecule has 0 aliphatic rings. The zero-order chi connectivity index (χ0) is 33.2. The van der Waals surface area contributed by atoms with E-state index in [4.69, 9.17) is 15.2 Å². The molecule has 0 heterocycles. The lowest BCUT2D eigenvalue weighted by Crippen LogP contribution is -2.37. The molecule has 0 bridgehead atoms. The zero-order valence-corrected chi connectivity index (χ0v) is 30.4. The van der Waals surface area contributed by atoms with Crippen LogP contribution in [-0.2, 0) is 23.9 Å². The van der Waals surface area contributed by atoms with Gasteiger partial charge in [0.1, 0.15) is 12.7 Å². The van der Waals surface area contributed by atoms with Crippen LogP contribution >= 0.6 is 12.6 Å². The molecule has 0 amide bonds. The van der Waals surface area contributed by atoms with E-state index in [1.165, 1.54) is 135 Å². The SMILES string of the molecule is CCCCCCCCCCCCCCCC(=O)OCC([CH]C(=O)[C@@H](N)CS)OC(=O)CCCCCCCCCCCCCCC. The van der Waals surface area contributed by atoms with Gasteiger partial charge in [0.25, 0.3) is 0 Å². The molecule has 265 valence electrons. The van der Waals surface area contributed by atoms with Gasteiger partial charge in [0.2, 0.25) is 0 Å². The van der Waals surface area contributed by atoms with Crippen LogP contribution in [0.3, 0.4) is 0 Å². The van der Waals surface area contributed by atoms with Crippen LogP contribution < -0.4 is 5.73 Å². The van der Waals surface area contributed by atoms with Crippen molar-refractivity contribution in [2.75, 3.05) is 12.4 Å². The van der Waals surface area contributed by atoms with Crippen molar-refractivity contribution in [1.29, 1.82) is 0 Å². The molecule has 0 saturated heterocycles. The lowest BCUT2D eigenvalue weighted by molar-refractivity contribution is -0.157. The number of unbranched alkanes of at least 4 members (excludes halogenated alkanes) is 24. The molecule has 0 aromatic rings. The fraction of sp³-hybridized carbons (Fsp3) is 0.895. The van der Waals surface area contributed by atoms with Crippen molar-refractivity contribution in [1.82, 2.24) is 0 Å². The number of hydrogen-bond acceptors (Lipinski definition) is 7. The van der Waals surface area contributed by atoms with E-state index in [9.17, 15) is 14.4 Å². The van der Waals surface area contributed by atoms with Gasteiger partial charge in [-0.1, -0.05) is 168 Å². The van der Waals surface area contributed by atoms with Crippen molar-refractivity contribution in [3.63, 3.8) is 0 Å². The Kier molecular flexibility index (Phi) is 33.4. The van der Waals surface area contributed by atoms with Gasteiger partial charge in [0.15, 0.2) is 5.78 Å². The normalized spacial score (nSPS) is 12.6. The maximum Gasteiger partial charge on any atom is 0.306 e. The summed E-state index contributed by atoms with van der Waals surface area (Å²) in [6.45, 7) is 4.35. The smallest absolute Gasteiger partial charge is 0.306 e. The minimum Gasteiger partial charge on any atom is -0.462 e. The molecule has 1 unspecified atom stereocenters. The topological polar surface area (TPSA) is 95.7 Å². The second kappa shape index (κ2) is 34.3. The van der Waals surface area contributed by atoms with E-state index < -0.39 is 12.1 Å². The highest BCUT2D eigenvalue weighted by Crippen LogP contribution is 2.15. The molecule has 2 N–H and O–H groups in total. The first-order valence-corrected chi connectivity index (χ1v) is 19.7. The third kappa shape index (κ3) is 31.3. The lowest BCUT2D eigenvalue weighted by Gasteiger charge is -2.18. The van der Waals surface area contributed by atoms with Crippen molar-refractivity contribution in [2.45, 2.75) is 206 Å². The van der Waals surface area contributed by atoms with Crippen molar-refractivity contribution in [2.24, 2.45) is 5.73 Å². The monoisotopic (exact) mass is 655 g/mol. The Morgan fingerprint density at radius 3 is 1.24 bits per heavy atom. The van der Waals surface area contributed by atoms with Crippen molar-refractivity contribution in [3.05, 3.63) is 6.42 Å². The number of ether oxygens (including phenoxy) is 2. The Bertz CT molecular complexity index is 689. The molecule has 6 nitrogen and oxygen atoms in total. The number of nitrogens with two attached hydrogens (primary N) is 1. The van der Waals surface area contributed by atoms with Gasteiger partial charge in [0.05, 0.1) is 12.5 Å². The quantitative estimate of drug-likeness (QED) is 0.0401. The molecule has 45 heavy (non-hydrogen) atoms. The zero-order valence-electron chi connectivity index (χ0n) is 29.5. The van der Waals surface area contributed by atoms with E-state index in [0.717, 1.165) is 38.5 Å². The summed E-state index contributed by atoms with van der Waals surface area (Å²) >= 11 is 4.08. The van der Waals surface area contributed by atoms with E-state index >= 15 is 0 Å². The van der Waals surface area contributed by atoms with E-state index in [-0.39, 0.29) is 30.1 Å². The minimum atomic E-state index is -0.923. The average molecular weight is 655 g/mol. The molecular weight excluding hydrogens is 582 g/mol. The molecule has 0 aliphatic heterocycles. The van der Waals surface area contributed by atoms with Crippen LogP contribution in [0.4, 0.5) is 0 Å². The van der Waals surface area contributed by atoms with E-state index in [1.54, 1.807) is 0 Å². The number of Topliss-reactive ketones (excluding diaryl/α,β-unsaturated/α-hetero) is 1. The van der Waals surface area contributed by atoms with E-state index in [1.807, 2.05) is 0 Å². The highest BCUT2D eigenvalue weighted by Gasteiger charge is 2.24. The third-order valence-electron chi connectivity index (χ3n) is 8.57. The third-order valence-corrected chi connectivity index (χ3v) is 8.97. The Balaban J connectivity index is 4.05. The van der Waals surface area contributed by atoms with Crippen LogP contribution in [0.2, 0.25) is 0 Å². The summed E-state index contributed by atoms with van der Waals surface area (Å²) in [5.41, 5.74) is 5.80. The lowest BCUT2D eigenvalue weighted by atomic mass is 10.0. The van der Waals surface area contributed by atoms with Crippen LogP contribution in [0.5, 0.6) is 0 Å². The Hall–Kier alpha value is -1.08. The number of hydrogen-bond donors (Lipinski definition) is 2. The maximum atomic E-state index is 12.5. The molecule has 0 aliphatic carbocycles. The summed E-state index contributed by atoms with van der Waals surface area (Å²) in [6.07, 6.45) is 33.3. The summed E-state index contributed by atoms with van der Waals surface area (Å²) in [5, 5.41) is 0. The van der Waals surface area contributed by atoms with Crippen molar-refractivity contribution in [3.8, 4) is 0 Å². The van der Waals surface area contributed by atoms with Gasteiger partial charge in [-0.2, -0.15) is 12.6 Å². The van der Waals surface area contributed by atoms with Gasteiger partial charge < -0.3 is 15.2 Å². The molecule has 7 heteroatoms. The number of esters is 2. The summed E-state index contributed by atoms with van der Waals surface area (Å²) in [4.78, 5) is 37.2. The molecule has 0 fully saturated rings. The largest absolute Gasteiger partial charge is 0.462 e. The Morgan fingerprint density at radius 1 is 0.556 bits per heavy atom. The number of carbonyl (C=O) groups excluding carboxylic acids is 3. The van der Waals surface area contributed by atoms with Gasteiger partial charge in [0, 0.05) is 18.6 Å². The first kappa shape index (κ1) is 43.9. The van der Waals surface area contributed by atoms with Crippen LogP contribution in [0.25, 0.3) is 0 Å². The summed E-state index contributed by atoms with van der Waals surface area (Å²) in [5.74, 6) is -0.876. The van der Waals surface area contributed by atoms with Crippen molar-refractivity contribution >= 4 is 30.4 Å². The van der Waals surface area contributed by atoms with Crippen LogP contribution in [0, 0.1) is 6.42 Å². The van der Waals surface area contributed by atoms with Crippen LogP contribution in [-0.4, -0.2) is 42.2 Å². The molecule has 0 spiro atoms. The second-order valence-electron chi connectivity index (χ2n) is 13.1. The molecule has 0 aromatic heterocycles. The number of ketones is 1. The molecule has 0 saturated carbocycles. The van der Waals surface area contributed by atoms with Crippen LogP contribution in [0.15, 0.2) is 0 Å². The summed E-state index contributed by atoms with van der Waals surface area (Å²) in [7, 11) is 0. The summed E-state index contributed by atoms with van der Waals surface area (Å²) < 4.78 is 10.9. The molecule has 0 aromatic carbocycles. The highest BCUT2D eigenvalue weighted by atomic mass is 32.1. The first-order chi connectivity index (χ1) is 21.9. The van der Waals surface area contributed by atoms with Gasteiger partial charge in [-0.15, -0.1) is 0 Å². The Morgan fingerprint density at radius 2 is 0.889 bits per heavy atom. The molecule has 1 radical (unpaired) electrons. The standard InChI is InChI=1S/C38H72NO5S/c1-3-5-7-9-11-13-15-17-19-21-23-25-27-29-37(41)43-32-34(31-36(40)35(39)33-45)44-38(42)30-28-26-24-22-20-18-16-14-12-10-8-6-4-2/h31,34-35,45H,3-30,32-33,39H2,1-2H3/t34?,35-/m0/s1.